The zero-order valence-electron chi connectivity index (χ0n) is 16.1. The van der Waals surface area contributed by atoms with Crippen molar-refractivity contribution in [2.45, 2.75) is 40.2 Å². The number of benzene rings is 1. The average Bonchev–Trinajstić information content (AvgIpc) is 2.58. The van der Waals surface area contributed by atoms with Crippen molar-refractivity contribution in [3.05, 3.63) is 51.6 Å². The van der Waals surface area contributed by atoms with Crippen LogP contribution in [0.3, 0.4) is 0 Å². The summed E-state index contributed by atoms with van der Waals surface area (Å²) in [6.45, 7) is 10.4. The zero-order chi connectivity index (χ0) is 20.4. The van der Waals surface area contributed by atoms with Crippen LogP contribution in [0.4, 0.5) is 11.5 Å². The van der Waals surface area contributed by atoms with Gasteiger partial charge in [0, 0.05) is 17.8 Å². The van der Waals surface area contributed by atoms with Gasteiger partial charge < -0.3 is 15.7 Å². The fourth-order valence-electron chi connectivity index (χ4n) is 2.48. The van der Waals surface area contributed by atoms with Crippen LogP contribution in [0.15, 0.2) is 30.5 Å². The van der Waals surface area contributed by atoms with E-state index in [1.807, 2.05) is 18.3 Å². The Kier molecular flexibility index (Phi) is 10.1. The first-order valence-electron chi connectivity index (χ1n) is 8.77. The highest BCUT2D eigenvalue weighted by atomic mass is 35.5. The number of carboxylic acid groups (broad SMARTS) is 1. The van der Waals surface area contributed by atoms with Crippen molar-refractivity contribution < 1.29 is 9.90 Å². The van der Waals surface area contributed by atoms with Gasteiger partial charge in [0.1, 0.15) is 5.82 Å². The fraction of sp³-hybridized carbons (Fsp3) is 0.400. The summed E-state index contributed by atoms with van der Waals surface area (Å²) in [7, 11) is 0. The smallest absolute Gasteiger partial charge is 0.290 e. The van der Waals surface area contributed by atoms with E-state index in [0.717, 1.165) is 24.6 Å². The quantitative estimate of drug-likeness (QED) is 0.509. The number of halogens is 2. The third-order valence-electron chi connectivity index (χ3n) is 3.71. The molecule has 148 valence electrons. The van der Waals surface area contributed by atoms with Crippen LogP contribution in [0.5, 0.6) is 0 Å². The van der Waals surface area contributed by atoms with Crippen molar-refractivity contribution >= 4 is 41.2 Å². The van der Waals surface area contributed by atoms with E-state index < -0.39 is 0 Å². The maximum Gasteiger partial charge on any atom is 0.290 e. The van der Waals surface area contributed by atoms with Crippen LogP contribution in [0.1, 0.15) is 44.7 Å². The highest BCUT2D eigenvalue weighted by Gasteiger charge is 2.10. The van der Waals surface area contributed by atoms with Crippen LogP contribution in [-0.4, -0.2) is 23.1 Å². The molecule has 1 aromatic heterocycles. The largest absolute Gasteiger partial charge is 0.483 e. The minimum absolute atomic E-state index is 0.250. The summed E-state index contributed by atoms with van der Waals surface area (Å²) in [5, 5.41) is 14.8. The first kappa shape index (κ1) is 23.2. The third kappa shape index (κ3) is 8.16. The summed E-state index contributed by atoms with van der Waals surface area (Å²) in [6.07, 6.45) is 1.94. The number of carbonyl (C=O) groups is 1. The van der Waals surface area contributed by atoms with Gasteiger partial charge in [-0.2, -0.15) is 0 Å². The van der Waals surface area contributed by atoms with Crippen molar-refractivity contribution in [2.24, 2.45) is 5.92 Å². The molecule has 0 amide bonds. The molecule has 2 aromatic rings. The van der Waals surface area contributed by atoms with Crippen LogP contribution < -0.4 is 10.6 Å². The highest BCUT2D eigenvalue weighted by Crippen LogP contribution is 2.29. The van der Waals surface area contributed by atoms with Crippen LogP contribution in [0, 0.1) is 5.92 Å². The van der Waals surface area contributed by atoms with E-state index in [4.69, 9.17) is 33.1 Å². The number of anilines is 2. The summed E-state index contributed by atoms with van der Waals surface area (Å²) in [4.78, 5) is 12.9. The zero-order valence-corrected chi connectivity index (χ0v) is 17.6. The van der Waals surface area contributed by atoms with Gasteiger partial charge >= 0.3 is 0 Å². The molecule has 3 N–H and O–H groups in total. The van der Waals surface area contributed by atoms with Gasteiger partial charge in [-0.15, -0.1) is 0 Å². The van der Waals surface area contributed by atoms with Crippen molar-refractivity contribution in [3.63, 3.8) is 0 Å². The maximum absolute atomic E-state index is 8.36. The lowest BCUT2D eigenvalue weighted by Crippen LogP contribution is -2.20. The predicted molar refractivity (Wildman–Crippen MR) is 113 cm³/mol. The van der Waals surface area contributed by atoms with Crippen molar-refractivity contribution in [1.82, 2.24) is 10.3 Å². The molecule has 0 aliphatic rings. The van der Waals surface area contributed by atoms with Crippen LogP contribution >= 0.6 is 23.2 Å². The minimum Gasteiger partial charge on any atom is -0.483 e. The van der Waals surface area contributed by atoms with Gasteiger partial charge in [-0.1, -0.05) is 50.9 Å². The molecule has 1 aromatic carbocycles. The predicted octanol–water partition coefficient (Wildman–Crippen LogP) is 5.70. The fourth-order valence-corrected chi connectivity index (χ4v) is 2.93. The van der Waals surface area contributed by atoms with Crippen molar-refractivity contribution in [1.29, 1.82) is 0 Å². The molecule has 2 rings (SSSR count). The lowest BCUT2D eigenvalue weighted by atomic mass is 9.98. The van der Waals surface area contributed by atoms with E-state index in [1.54, 1.807) is 6.07 Å². The molecule has 0 aliphatic heterocycles. The summed E-state index contributed by atoms with van der Waals surface area (Å²) >= 11 is 12.2. The highest BCUT2D eigenvalue weighted by molar-refractivity contribution is 6.36. The van der Waals surface area contributed by atoms with E-state index in [9.17, 15) is 0 Å². The molecular weight excluding hydrogens is 385 g/mol. The number of nitrogens with zero attached hydrogens (tertiary/aromatic N) is 1. The second-order valence-corrected chi connectivity index (χ2v) is 7.65. The minimum atomic E-state index is -0.250. The van der Waals surface area contributed by atoms with Gasteiger partial charge in [0.2, 0.25) is 0 Å². The summed E-state index contributed by atoms with van der Waals surface area (Å²) < 4.78 is 0. The van der Waals surface area contributed by atoms with E-state index in [0.29, 0.717) is 21.9 Å². The molecule has 0 radical (unpaired) electrons. The second kappa shape index (κ2) is 11.8. The molecule has 0 bridgehead atoms. The van der Waals surface area contributed by atoms with Gasteiger partial charge in [0.25, 0.3) is 6.47 Å². The van der Waals surface area contributed by atoms with E-state index in [2.05, 4.69) is 49.4 Å². The van der Waals surface area contributed by atoms with Crippen molar-refractivity contribution in [3.8, 4) is 0 Å². The Labute approximate surface area is 171 Å². The first-order valence-corrected chi connectivity index (χ1v) is 9.53. The van der Waals surface area contributed by atoms with Crippen LogP contribution in [0.25, 0.3) is 0 Å². The molecule has 0 fully saturated rings. The topological polar surface area (TPSA) is 74.2 Å². The SMILES string of the molecule is CC(C)CNCc1cnc(Nc2ccc(Cl)cc2Cl)cc1C(C)C.O=CO. The maximum atomic E-state index is 8.36. The van der Waals surface area contributed by atoms with Gasteiger partial charge in [-0.25, -0.2) is 4.98 Å². The molecule has 0 atom stereocenters. The number of hydrogen-bond donors (Lipinski definition) is 3. The Morgan fingerprint density at radius 2 is 1.85 bits per heavy atom. The van der Waals surface area contributed by atoms with Crippen LogP contribution in [0.2, 0.25) is 10.0 Å². The number of aromatic nitrogens is 1. The Morgan fingerprint density at radius 1 is 1.19 bits per heavy atom. The number of hydrogen-bond acceptors (Lipinski definition) is 4. The molecule has 0 saturated carbocycles. The summed E-state index contributed by atoms with van der Waals surface area (Å²) in [5.41, 5.74) is 3.32. The lowest BCUT2D eigenvalue weighted by molar-refractivity contribution is -0.122. The number of nitrogens with one attached hydrogen (secondary N) is 2. The molecule has 0 saturated heterocycles. The van der Waals surface area contributed by atoms with Gasteiger partial charge in [-0.3, -0.25) is 4.79 Å². The summed E-state index contributed by atoms with van der Waals surface area (Å²) in [5.74, 6) is 1.84. The molecule has 0 spiro atoms. The van der Waals surface area contributed by atoms with Gasteiger partial charge in [0.05, 0.1) is 10.7 Å². The Hall–Kier alpha value is -1.82. The second-order valence-electron chi connectivity index (χ2n) is 6.80. The first-order chi connectivity index (χ1) is 12.8. The molecular formula is C20H27Cl2N3O2. The summed E-state index contributed by atoms with van der Waals surface area (Å²) in [6, 6.07) is 7.49. The molecule has 0 unspecified atom stereocenters. The normalized spacial score (nSPS) is 10.5. The molecule has 7 heteroatoms. The molecule has 1 heterocycles. The Morgan fingerprint density at radius 3 is 2.41 bits per heavy atom. The van der Waals surface area contributed by atoms with Gasteiger partial charge in [-0.05, 0) is 53.8 Å². The Balaban J connectivity index is 0.00000114. The number of pyridine rings is 1. The monoisotopic (exact) mass is 411 g/mol. The molecule has 5 nitrogen and oxygen atoms in total. The van der Waals surface area contributed by atoms with E-state index in [1.165, 1.54) is 11.1 Å². The standard InChI is InChI=1S/C19H25Cl2N3.CH2O2/c1-12(2)9-22-10-14-11-23-19(8-16(14)13(3)4)24-18-6-5-15(20)7-17(18)21;2-1-3/h5-8,11-13,22H,9-10H2,1-4H3,(H,23,24);1H,(H,2,3). The number of rotatable bonds is 7. The van der Waals surface area contributed by atoms with Gasteiger partial charge in [0.15, 0.2) is 0 Å². The van der Waals surface area contributed by atoms with Crippen LogP contribution in [-0.2, 0) is 11.3 Å². The average molecular weight is 412 g/mol. The van der Waals surface area contributed by atoms with Crippen molar-refractivity contribution in [2.75, 3.05) is 11.9 Å². The molecule has 27 heavy (non-hydrogen) atoms. The third-order valence-corrected chi connectivity index (χ3v) is 4.25. The van der Waals surface area contributed by atoms with E-state index in [-0.39, 0.29) is 6.47 Å². The Bertz CT molecular complexity index is 737. The lowest BCUT2D eigenvalue weighted by Gasteiger charge is -2.16. The van der Waals surface area contributed by atoms with E-state index >= 15 is 0 Å². The molecule has 0 aliphatic carbocycles.